The lowest BCUT2D eigenvalue weighted by molar-refractivity contribution is 0.0420. The van der Waals surface area contributed by atoms with Gasteiger partial charge < -0.3 is 9.84 Å². The third kappa shape index (κ3) is 4.84. The van der Waals surface area contributed by atoms with Crippen LogP contribution >= 0.6 is 11.6 Å². The molecule has 0 spiro atoms. The first kappa shape index (κ1) is 11.3. The molecule has 0 aromatic rings. The molecule has 1 atom stereocenters. The lowest BCUT2D eigenvalue weighted by atomic mass is 9.92. The van der Waals surface area contributed by atoms with E-state index in [0.29, 0.717) is 11.8 Å². The molecule has 1 N–H and O–H groups in total. The largest absolute Gasteiger partial charge is 0.393 e. The Morgan fingerprint density at radius 1 is 1.38 bits per heavy atom. The SMILES string of the molecule is OC(CCCCl)CC1CCOCC1. The first-order valence-electron chi connectivity index (χ1n) is 5.14. The molecule has 0 aromatic heterocycles. The lowest BCUT2D eigenvalue weighted by Crippen LogP contribution is -2.21. The molecule has 0 radical (unpaired) electrons. The molecule has 0 aliphatic carbocycles. The van der Waals surface area contributed by atoms with Gasteiger partial charge in [0.2, 0.25) is 0 Å². The fourth-order valence-corrected chi connectivity index (χ4v) is 1.95. The Labute approximate surface area is 85.2 Å². The van der Waals surface area contributed by atoms with Gasteiger partial charge in [-0.1, -0.05) is 0 Å². The van der Waals surface area contributed by atoms with Crippen molar-refractivity contribution < 1.29 is 9.84 Å². The van der Waals surface area contributed by atoms with Gasteiger partial charge in [-0.2, -0.15) is 0 Å². The van der Waals surface area contributed by atoms with E-state index in [1.54, 1.807) is 0 Å². The summed E-state index contributed by atoms with van der Waals surface area (Å²) in [5.41, 5.74) is 0. The second-order valence-electron chi connectivity index (χ2n) is 3.78. The van der Waals surface area contributed by atoms with Crippen LogP contribution in [0.5, 0.6) is 0 Å². The third-order valence-electron chi connectivity index (χ3n) is 2.62. The number of halogens is 1. The minimum atomic E-state index is -0.151. The number of alkyl halides is 1. The molecule has 1 fully saturated rings. The van der Waals surface area contributed by atoms with E-state index in [1.807, 2.05) is 0 Å². The third-order valence-corrected chi connectivity index (χ3v) is 2.88. The maximum Gasteiger partial charge on any atom is 0.0543 e. The van der Waals surface area contributed by atoms with Crippen LogP contribution in [0.4, 0.5) is 0 Å². The summed E-state index contributed by atoms with van der Waals surface area (Å²) in [5, 5.41) is 9.63. The predicted octanol–water partition coefficient (Wildman–Crippen LogP) is 2.18. The van der Waals surface area contributed by atoms with Gasteiger partial charge in [-0.3, -0.25) is 0 Å². The highest BCUT2D eigenvalue weighted by molar-refractivity contribution is 6.17. The normalized spacial score (nSPS) is 21.7. The van der Waals surface area contributed by atoms with Crippen LogP contribution in [0, 0.1) is 5.92 Å². The Hall–Kier alpha value is 0.210. The minimum absolute atomic E-state index is 0.151. The number of aliphatic hydroxyl groups is 1. The smallest absolute Gasteiger partial charge is 0.0543 e. The zero-order valence-electron chi connectivity index (χ0n) is 8.04. The van der Waals surface area contributed by atoms with Crippen molar-refractivity contribution in [3.05, 3.63) is 0 Å². The highest BCUT2D eigenvalue weighted by Crippen LogP contribution is 2.21. The summed E-state index contributed by atoms with van der Waals surface area (Å²) in [4.78, 5) is 0. The van der Waals surface area contributed by atoms with Gasteiger partial charge in [0, 0.05) is 19.1 Å². The molecule has 78 valence electrons. The summed E-state index contributed by atoms with van der Waals surface area (Å²) < 4.78 is 5.26. The maximum absolute atomic E-state index is 9.63. The number of hydrogen-bond acceptors (Lipinski definition) is 2. The quantitative estimate of drug-likeness (QED) is 0.699. The molecule has 1 aliphatic rings. The molecule has 2 nitrogen and oxygen atoms in total. The van der Waals surface area contributed by atoms with E-state index in [0.717, 1.165) is 45.3 Å². The Balaban J connectivity index is 2.07. The van der Waals surface area contributed by atoms with E-state index >= 15 is 0 Å². The van der Waals surface area contributed by atoms with Crippen molar-refractivity contribution in [1.82, 2.24) is 0 Å². The standard InChI is InChI=1S/C10H19ClO2/c11-5-1-2-10(12)8-9-3-6-13-7-4-9/h9-10,12H,1-8H2. The molecule has 0 amide bonds. The van der Waals surface area contributed by atoms with Crippen LogP contribution in [0.15, 0.2) is 0 Å². The average molecular weight is 207 g/mol. The van der Waals surface area contributed by atoms with Crippen LogP contribution in [0.25, 0.3) is 0 Å². The van der Waals surface area contributed by atoms with Gasteiger partial charge in [-0.15, -0.1) is 11.6 Å². The van der Waals surface area contributed by atoms with Crippen molar-refractivity contribution in [2.45, 2.75) is 38.2 Å². The van der Waals surface area contributed by atoms with E-state index in [2.05, 4.69) is 0 Å². The number of aliphatic hydroxyl groups excluding tert-OH is 1. The first-order chi connectivity index (χ1) is 6.33. The summed E-state index contributed by atoms with van der Waals surface area (Å²) in [7, 11) is 0. The van der Waals surface area contributed by atoms with Crippen LogP contribution in [-0.2, 0) is 4.74 Å². The second kappa shape index (κ2) is 6.63. The van der Waals surface area contributed by atoms with Gasteiger partial charge >= 0.3 is 0 Å². The number of rotatable bonds is 5. The van der Waals surface area contributed by atoms with Gasteiger partial charge in [0.1, 0.15) is 0 Å². The Bertz CT molecular complexity index is 124. The fraction of sp³-hybridized carbons (Fsp3) is 1.00. The molecule has 1 saturated heterocycles. The lowest BCUT2D eigenvalue weighted by Gasteiger charge is -2.24. The zero-order valence-corrected chi connectivity index (χ0v) is 8.80. The van der Waals surface area contributed by atoms with Gasteiger partial charge in [0.15, 0.2) is 0 Å². The molecule has 1 unspecified atom stereocenters. The Morgan fingerprint density at radius 2 is 2.08 bits per heavy atom. The van der Waals surface area contributed by atoms with Crippen LogP contribution in [-0.4, -0.2) is 30.3 Å². The second-order valence-corrected chi connectivity index (χ2v) is 4.15. The van der Waals surface area contributed by atoms with Crippen molar-refractivity contribution >= 4 is 11.6 Å². The molecule has 1 aliphatic heterocycles. The molecular weight excluding hydrogens is 188 g/mol. The molecule has 3 heteroatoms. The molecule has 0 saturated carbocycles. The van der Waals surface area contributed by atoms with Gasteiger partial charge in [0.25, 0.3) is 0 Å². The number of hydrogen-bond donors (Lipinski definition) is 1. The minimum Gasteiger partial charge on any atom is -0.393 e. The fourth-order valence-electron chi connectivity index (χ4n) is 1.80. The van der Waals surface area contributed by atoms with Gasteiger partial charge in [-0.25, -0.2) is 0 Å². The first-order valence-corrected chi connectivity index (χ1v) is 5.68. The maximum atomic E-state index is 9.63. The van der Waals surface area contributed by atoms with Crippen molar-refractivity contribution in [3.8, 4) is 0 Å². The molecule has 1 rings (SSSR count). The summed E-state index contributed by atoms with van der Waals surface area (Å²) in [6.45, 7) is 1.74. The van der Waals surface area contributed by atoms with Crippen molar-refractivity contribution in [2.24, 2.45) is 5.92 Å². The zero-order chi connectivity index (χ0) is 9.52. The summed E-state index contributed by atoms with van der Waals surface area (Å²) >= 11 is 5.56. The van der Waals surface area contributed by atoms with Crippen LogP contribution < -0.4 is 0 Å². The van der Waals surface area contributed by atoms with Crippen molar-refractivity contribution in [1.29, 1.82) is 0 Å². The molecule has 1 heterocycles. The van der Waals surface area contributed by atoms with E-state index in [1.165, 1.54) is 0 Å². The summed E-state index contributed by atoms with van der Waals surface area (Å²) in [5.74, 6) is 1.32. The van der Waals surface area contributed by atoms with E-state index in [4.69, 9.17) is 16.3 Å². The summed E-state index contributed by atoms with van der Waals surface area (Å²) in [6, 6.07) is 0. The van der Waals surface area contributed by atoms with E-state index in [-0.39, 0.29) is 6.10 Å². The van der Waals surface area contributed by atoms with Crippen LogP contribution in [0.2, 0.25) is 0 Å². The van der Waals surface area contributed by atoms with E-state index < -0.39 is 0 Å². The molecular formula is C10H19ClO2. The topological polar surface area (TPSA) is 29.5 Å². The predicted molar refractivity (Wildman–Crippen MR) is 54.1 cm³/mol. The van der Waals surface area contributed by atoms with Gasteiger partial charge in [-0.05, 0) is 38.0 Å². The average Bonchev–Trinajstić information content (AvgIpc) is 2.16. The monoisotopic (exact) mass is 206 g/mol. The van der Waals surface area contributed by atoms with Crippen LogP contribution in [0.3, 0.4) is 0 Å². The highest BCUT2D eigenvalue weighted by Gasteiger charge is 2.17. The van der Waals surface area contributed by atoms with Crippen molar-refractivity contribution in [3.63, 3.8) is 0 Å². The van der Waals surface area contributed by atoms with E-state index in [9.17, 15) is 5.11 Å². The summed E-state index contributed by atoms with van der Waals surface area (Å²) in [6.07, 6.45) is 4.77. The number of ether oxygens (including phenoxy) is 1. The highest BCUT2D eigenvalue weighted by atomic mass is 35.5. The molecule has 0 bridgehead atoms. The van der Waals surface area contributed by atoms with Crippen molar-refractivity contribution in [2.75, 3.05) is 19.1 Å². The van der Waals surface area contributed by atoms with Gasteiger partial charge in [0.05, 0.1) is 6.10 Å². The molecule has 0 aromatic carbocycles. The Morgan fingerprint density at radius 3 is 2.69 bits per heavy atom. The molecule has 13 heavy (non-hydrogen) atoms. The van der Waals surface area contributed by atoms with Crippen LogP contribution in [0.1, 0.15) is 32.1 Å². The Kier molecular flexibility index (Phi) is 5.76.